The van der Waals surface area contributed by atoms with Crippen molar-refractivity contribution in [2.75, 3.05) is 19.0 Å². The Kier molecular flexibility index (Phi) is 5.55. The molecule has 2 aromatic carbocycles. The second kappa shape index (κ2) is 7.61. The van der Waals surface area contributed by atoms with Gasteiger partial charge in [0.05, 0.1) is 13.7 Å². The number of rotatable bonds is 6. The van der Waals surface area contributed by atoms with Crippen LogP contribution in [-0.2, 0) is 11.3 Å². The molecule has 2 rings (SSSR count). The lowest BCUT2D eigenvalue weighted by molar-refractivity contribution is -0.115. The second-order valence-electron chi connectivity index (χ2n) is 5.27. The van der Waals surface area contributed by atoms with Gasteiger partial charge < -0.3 is 15.4 Å². The summed E-state index contributed by atoms with van der Waals surface area (Å²) in [6.07, 6.45) is 0. The highest BCUT2D eigenvalue weighted by Gasteiger charge is 2.06. The van der Waals surface area contributed by atoms with Gasteiger partial charge in [-0.1, -0.05) is 30.3 Å². The molecule has 0 saturated heterocycles. The number of carbonyl (C=O) groups excluding carboxylic acids is 1. The number of ether oxygens (including phenoxy) is 1. The minimum absolute atomic E-state index is 0.0362. The summed E-state index contributed by atoms with van der Waals surface area (Å²) in [5.74, 6) is 0.794. The Morgan fingerprint density at radius 2 is 1.68 bits per heavy atom. The molecular formula is C18H22N2O2. The average Bonchev–Trinajstić information content (AvgIpc) is 2.52. The molecule has 0 fully saturated rings. The van der Waals surface area contributed by atoms with Crippen LogP contribution in [0.15, 0.2) is 42.5 Å². The van der Waals surface area contributed by atoms with Gasteiger partial charge in [0.2, 0.25) is 5.91 Å². The smallest absolute Gasteiger partial charge is 0.238 e. The van der Waals surface area contributed by atoms with Gasteiger partial charge in [-0.15, -0.1) is 0 Å². The van der Waals surface area contributed by atoms with Crippen LogP contribution >= 0.6 is 0 Å². The molecule has 0 atom stereocenters. The van der Waals surface area contributed by atoms with Crippen LogP contribution in [-0.4, -0.2) is 19.6 Å². The molecule has 0 aliphatic heterocycles. The molecular weight excluding hydrogens is 276 g/mol. The Morgan fingerprint density at radius 1 is 1.05 bits per heavy atom. The van der Waals surface area contributed by atoms with E-state index in [0.29, 0.717) is 6.54 Å². The molecule has 22 heavy (non-hydrogen) atoms. The number of nitrogens with one attached hydrogen (secondary N) is 2. The molecule has 4 heteroatoms. The zero-order valence-electron chi connectivity index (χ0n) is 13.3. The number of carbonyl (C=O) groups is 1. The molecule has 116 valence electrons. The number of anilines is 1. The van der Waals surface area contributed by atoms with E-state index in [0.717, 1.165) is 28.1 Å². The molecule has 0 radical (unpaired) electrons. The highest BCUT2D eigenvalue weighted by Crippen LogP contribution is 2.19. The first-order valence-corrected chi connectivity index (χ1v) is 7.30. The van der Waals surface area contributed by atoms with Crippen molar-refractivity contribution in [2.45, 2.75) is 20.4 Å². The summed E-state index contributed by atoms with van der Waals surface area (Å²) >= 11 is 0. The van der Waals surface area contributed by atoms with Crippen molar-refractivity contribution in [3.8, 4) is 5.75 Å². The van der Waals surface area contributed by atoms with E-state index in [2.05, 4.69) is 10.6 Å². The van der Waals surface area contributed by atoms with Gasteiger partial charge in [-0.3, -0.25) is 4.79 Å². The summed E-state index contributed by atoms with van der Waals surface area (Å²) in [5.41, 5.74) is 4.16. The van der Waals surface area contributed by atoms with Crippen molar-refractivity contribution in [3.05, 3.63) is 59.2 Å². The first-order valence-electron chi connectivity index (χ1n) is 7.30. The zero-order chi connectivity index (χ0) is 15.9. The van der Waals surface area contributed by atoms with Gasteiger partial charge in [0.25, 0.3) is 0 Å². The van der Waals surface area contributed by atoms with Crippen LogP contribution in [0.2, 0.25) is 0 Å². The summed E-state index contributed by atoms with van der Waals surface area (Å²) in [6, 6.07) is 13.8. The van der Waals surface area contributed by atoms with Crippen LogP contribution in [0.3, 0.4) is 0 Å². The summed E-state index contributed by atoms with van der Waals surface area (Å²) in [4.78, 5) is 12.0. The van der Waals surface area contributed by atoms with E-state index in [4.69, 9.17) is 4.74 Å². The van der Waals surface area contributed by atoms with E-state index in [1.165, 1.54) is 0 Å². The SMILES string of the molecule is COc1ccc(CNCC(=O)Nc2c(C)cccc2C)cc1. The summed E-state index contributed by atoms with van der Waals surface area (Å²) in [7, 11) is 1.64. The van der Waals surface area contributed by atoms with Crippen LogP contribution in [0.4, 0.5) is 5.69 Å². The van der Waals surface area contributed by atoms with Crippen molar-refractivity contribution in [3.63, 3.8) is 0 Å². The van der Waals surface area contributed by atoms with Crippen molar-refractivity contribution >= 4 is 11.6 Å². The molecule has 4 nitrogen and oxygen atoms in total. The molecule has 2 N–H and O–H groups in total. The second-order valence-corrected chi connectivity index (χ2v) is 5.27. The third-order valence-electron chi connectivity index (χ3n) is 3.52. The first-order chi connectivity index (χ1) is 10.6. The highest BCUT2D eigenvalue weighted by atomic mass is 16.5. The molecule has 0 saturated carbocycles. The standard InChI is InChI=1S/C18H22N2O2/c1-13-5-4-6-14(2)18(13)20-17(21)12-19-11-15-7-9-16(22-3)10-8-15/h4-10,19H,11-12H2,1-3H3,(H,20,21). The van der Waals surface area contributed by atoms with Gasteiger partial charge >= 0.3 is 0 Å². The maximum Gasteiger partial charge on any atom is 0.238 e. The molecule has 0 aromatic heterocycles. The van der Waals surface area contributed by atoms with Gasteiger partial charge in [0.1, 0.15) is 5.75 Å². The average molecular weight is 298 g/mol. The van der Waals surface area contributed by atoms with Crippen LogP contribution in [0, 0.1) is 13.8 Å². The fourth-order valence-electron chi connectivity index (χ4n) is 2.26. The predicted molar refractivity (Wildman–Crippen MR) is 89.2 cm³/mol. The lowest BCUT2D eigenvalue weighted by Gasteiger charge is -2.12. The van der Waals surface area contributed by atoms with Crippen molar-refractivity contribution in [2.24, 2.45) is 0 Å². The number of amides is 1. The van der Waals surface area contributed by atoms with Gasteiger partial charge in [-0.05, 0) is 42.7 Å². The zero-order valence-corrected chi connectivity index (χ0v) is 13.3. The number of para-hydroxylation sites is 1. The number of aryl methyl sites for hydroxylation is 2. The Morgan fingerprint density at radius 3 is 2.27 bits per heavy atom. The molecule has 0 heterocycles. The largest absolute Gasteiger partial charge is 0.497 e. The summed E-state index contributed by atoms with van der Waals surface area (Å²) in [5, 5.41) is 6.11. The third kappa shape index (κ3) is 4.33. The molecule has 0 aliphatic carbocycles. The van der Waals surface area contributed by atoms with E-state index in [1.807, 2.05) is 56.3 Å². The van der Waals surface area contributed by atoms with Crippen LogP contribution in [0.1, 0.15) is 16.7 Å². The molecule has 0 spiro atoms. The predicted octanol–water partition coefficient (Wildman–Crippen LogP) is 3.04. The van der Waals surface area contributed by atoms with Crippen molar-refractivity contribution in [1.29, 1.82) is 0 Å². The number of hydrogen-bond donors (Lipinski definition) is 2. The molecule has 0 aliphatic rings. The fraction of sp³-hybridized carbons (Fsp3) is 0.278. The van der Waals surface area contributed by atoms with E-state index < -0.39 is 0 Å². The molecule has 0 bridgehead atoms. The normalized spacial score (nSPS) is 10.3. The van der Waals surface area contributed by atoms with Gasteiger partial charge in [-0.2, -0.15) is 0 Å². The maximum absolute atomic E-state index is 12.0. The summed E-state index contributed by atoms with van der Waals surface area (Å²) in [6.45, 7) is 4.91. The monoisotopic (exact) mass is 298 g/mol. The third-order valence-corrected chi connectivity index (χ3v) is 3.52. The molecule has 0 unspecified atom stereocenters. The number of benzene rings is 2. The van der Waals surface area contributed by atoms with Crippen LogP contribution < -0.4 is 15.4 Å². The minimum atomic E-state index is -0.0362. The Labute approximate surface area is 131 Å². The van der Waals surface area contributed by atoms with E-state index >= 15 is 0 Å². The Hall–Kier alpha value is -2.33. The maximum atomic E-state index is 12.0. The Balaban J connectivity index is 1.82. The number of methoxy groups -OCH3 is 1. The Bertz CT molecular complexity index is 616. The highest BCUT2D eigenvalue weighted by molar-refractivity contribution is 5.93. The van der Waals surface area contributed by atoms with Crippen LogP contribution in [0.25, 0.3) is 0 Å². The van der Waals surface area contributed by atoms with Crippen molar-refractivity contribution in [1.82, 2.24) is 5.32 Å². The van der Waals surface area contributed by atoms with Gasteiger partial charge in [-0.25, -0.2) is 0 Å². The number of hydrogen-bond acceptors (Lipinski definition) is 3. The van der Waals surface area contributed by atoms with Gasteiger partial charge in [0, 0.05) is 12.2 Å². The fourth-order valence-corrected chi connectivity index (χ4v) is 2.26. The first kappa shape index (κ1) is 16.0. The lowest BCUT2D eigenvalue weighted by Crippen LogP contribution is -2.28. The lowest BCUT2D eigenvalue weighted by atomic mass is 10.1. The summed E-state index contributed by atoms with van der Waals surface area (Å²) < 4.78 is 5.12. The van der Waals surface area contributed by atoms with Crippen molar-refractivity contribution < 1.29 is 9.53 Å². The van der Waals surface area contributed by atoms with E-state index in [1.54, 1.807) is 7.11 Å². The molecule has 2 aromatic rings. The minimum Gasteiger partial charge on any atom is -0.497 e. The quantitative estimate of drug-likeness (QED) is 0.862. The molecule has 1 amide bonds. The van der Waals surface area contributed by atoms with Crippen LogP contribution in [0.5, 0.6) is 5.75 Å². The van der Waals surface area contributed by atoms with E-state index in [-0.39, 0.29) is 12.5 Å². The topological polar surface area (TPSA) is 50.4 Å². The van der Waals surface area contributed by atoms with Gasteiger partial charge in [0.15, 0.2) is 0 Å². The van der Waals surface area contributed by atoms with E-state index in [9.17, 15) is 4.79 Å².